The second-order valence-corrected chi connectivity index (χ2v) is 3.62. The average molecular weight is 226 g/mol. The van der Waals surface area contributed by atoms with E-state index in [0.29, 0.717) is 5.82 Å². The van der Waals surface area contributed by atoms with Crippen LogP contribution in [0, 0.1) is 0 Å². The molecule has 84 valence electrons. The van der Waals surface area contributed by atoms with E-state index in [2.05, 4.69) is 10.1 Å². The van der Waals surface area contributed by atoms with E-state index in [0.717, 1.165) is 22.1 Å². The number of hydrogen-bond donors (Lipinski definition) is 0. The van der Waals surface area contributed by atoms with Gasteiger partial charge in [-0.15, -0.1) is 0 Å². The van der Waals surface area contributed by atoms with Crippen LogP contribution in [-0.2, 0) is 0 Å². The molecule has 2 aromatic carbocycles. The lowest BCUT2D eigenvalue weighted by atomic mass is 10.0. The maximum Gasteiger partial charge on any atom is 0.214 e. The SMILES string of the molecule is COc1ccc(-c2ncon2)c2ccccc12. The third kappa shape index (κ3) is 1.54. The summed E-state index contributed by atoms with van der Waals surface area (Å²) >= 11 is 0. The van der Waals surface area contributed by atoms with Crippen LogP contribution in [0.15, 0.2) is 47.3 Å². The highest BCUT2D eigenvalue weighted by molar-refractivity contribution is 5.98. The van der Waals surface area contributed by atoms with Crippen LogP contribution in [0.5, 0.6) is 5.75 Å². The number of ether oxygens (including phenoxy) is 1. The van der Waals surface area contributed by atoms with Gasteiger partial charge in [-0.3, -0.25) is 0 Å². The maximum absolute atomic E-state index is 5.34. The van der Waals surface area contributed by atoms with Gasteiger partial charge < -0.3 is 9.26 Å². The summed E-state index contributed by atoms with van der Waals surface area (Å²) in [7, 11) is 1.66. The van der Waals surface area contributed by atoms with Crippen molar-refractivity contribution >= 4 is 10.8 Å². The van der Waals surface area contributed by atoms with E-state index in [-0.39, 0.29) is 0 Å². The van der Waals surface area contributed by atoms with Gasteiger partial charge in [0, 0.05) is 10.9 Å². The highest BCUT2D eigenvalue weighted by Gasteiger charge is 2.10. The van der Waals surface area contributed by atoms with Crippen molar-refractivity contribution in [2.45, 2.75) is 0 Å². The molecule has 0 aliphatic heterocycles. The standard InChI is InChI=1S/C13H10N2O2/c1-16-12-7-6-11(13-14-8-17-15-13)9-4-2-3-5-10(9)12/h2-8H,1H3. The molecule has 4 nitrogen and oxygen atoms in total. The molecule has 0 spiro atoms. The highest BCUT2D eigenvalue weighted by atomic mass is 16.5. The van der Waals surface area contributed by atoms with E-state index in [9.17, 15) is 0 Å². The summed E-state index contributed by atoms with van der Waals surface area (Å²) in [6.07, 6.45) is 1.33. The zero-order chi connectivity index (χ0) is 11.7. The normalized spacial score (nSPS) is 10.6. The molecule has 3 rings (SSSR count). The van der Waals surface area contributed by atoms with Crippen LogP contribution in [0.1, 0.15) is 0 Å². The van der Waals surface area contributed by atoms with Crippen molar-refractivity contribution in [3.05, 3.63) is 42.8 Å². The number of methoxy groups -OCH3 is 1. The minimum atomic E-state index is 0.587. The minimum Gasteiger partial charge on any atom is -0.496 e. The number of fused-ring (bicyclic) bond motifs is 1. The summed E-state index contributed by atoms with van der Waals surface area (Å²) in [5.41, 5.74) is 0.940. The Labute approximate surface area is 97.8 Å². The predicted molar refractivity (Wildman–Crippen MR) is 63.8 cm³/mol. The third-order valence-corrected chi connectivity index (χ3v) is 2.71. The number of rotatable bonds is 2. The predicted octanol–water partition coefficient (Wildman–Crippen LogP) is 2.90. The van der Waals surface area contributed by atoms with Gasteiger partial charge in [-0.2, -0.15) is 4.98 Å². The zero-order valence-electron chi connectivity index (χ0n) is 9.25. The fraction of sp³-hybridized carbons (Fsp3) is 0.0769. The molecule has 0 amide bonds. The van der Waals surface area contributed by atoms with Gasteiger partial charge in [0.1, 0.15) is 5.75 Å². The first-order valence-electron chi connectivity index (χ1n) is 5.22. The molecule has 0 bridgehead atoms. The fourth-order valence-corrected chi connectivity index (χ4v) is 1.93. The van der Waals surface area contributed by atoms with Crippen LogP contribution in [0.2, 0.25) is 0 Å². The molecule has 0 aliphatic carbocycles. The summed E-state index contributed by atoms with van der Waals surface area (Å²) in [6.45, 7) is 0. The van der Waals surface area contributed by atoms with Crippen molar-refractivity contribution in [1.82, 2.24) is 10.1 Å². The fourth-order valence-electron chi connectivity index (χ4n) is 1.93. The quantitative estimate of drug-likeness (QED) is 0.674. The molecule has 0 saturated carbocycles. The molecule has 4 heteroatoms. The molecule has 0 N–H and O–H groups in total. The summed E-state index contributed by atoms with van der Waals surface area (Å²) in [6, 6.07) is 11.8. The molecular formula is C13H10N2O2. The molecule has 0 fully saturated rings. The maximum atomic E-state index is 5.34. The van der Waals surface area contributed by atoms with Crippen molar-refractivity contribution in [3.63, 3.8) is 0 Å². The molecule has 1 aromatic heterocycles. The van der Waals surface area contributed by atoms with E-state index in [4.69, 9.17) is 9.26 Å². The first-order chi connectivity index (χ1) is 8.40. The molecule has 0 unspecified atom stereocenters. The zero-order valence-corrected chi connectivity index (χ0v) is 9.25. The Kier molecular flexibility index (Phi) is 2.26. The van der Waals surface area contributed by atoms with Gasteiger partial charge in [0.25, 0.3) is 0 Å². The summed E-state index contributed by atoms with van der Waals surface area (Å²) in [4.78, 5) is 4.07. The Balaban J connectivity index is 2.34. The Hall–Kier alpha value is -2.36. The smallest absolute Gasteiger partial charge is 0.214 e. The lowest BCUT2D eigenvalue weighted by Crippen LogP contribution is -1.88. The summed E-state index contributed by atoms with van der Waals surface area (Å²) < 4.78 is 10.1. The lowest BCUT2D eigenvalue weighted by molar-refractivity contribution is 0.418. The molecule has 0 aliphatic rings. The topological polar surface area (TPSA) is 48.2 Å². The molecule has 1 heterocycles. The Bertz CT molecular complexity index is 648. The molecule has 3 aromatic rings. The van der Waals surface area contributed by atoms with Crippen LogP contribution >= 0.6 is 0 Å². The summed E-state index contributed by atoms with van der Waals surface area (Å²) in [5, 5.41) is 5.95. The van der Waals surface area contributed by atoms with Gasteiger partial charge >= 0.3 is 0 Å². The van der Waals surface area contributed by atoms with Gasteiger partial charge in [-0.05, 0) is 17.5 Å². The molecule has 0 saturated heterocycles. The van der Waals surface area contributed by atoms with E-state index in [1.54, 1.807) is 7.11 Å². The van der Waals surface area contributed by atoms with Gasteiger partial charge in [0.05, 0.1) is 7.11 Å². The van der Waals surface area contributed by atoms with Gasteiger partial charge in [-0.1, -0.05) is 29.4 Å². The number of aromatic nitrogens is 2. The van der Waals surface area contributed by atoms with Crippen molar-refractivity contribution in [2.75, 3.05) is 7.11 Å². The molecular weight excluding hydrogens is 216 g/mol. The van der Waals surface area contributed by atoms with Crippen molar-refractivity contribution in [1.29, 1.82) is 0 Å². The van der Waals surface area contributed by atoms with E-state index < -0.39 is 0 Å². The van der Waals surface area contributed by atoms with Crippen LogP contribution in [0.25, 0.3) is 22.2 Å². The van der Waals surface area contributed by atoms with E-state index >= 15 is 0 Å². The van der Waals surface area contributed by atoms with Crippen LogP contribution < -0.4 is 4.74 Å². The van der Waals surface area contributed by atoms with Crippen molar-refractivity contribution in [3.8, 4) is 17.1 Å². The Morgan fingerprint density at radius 2 is 1.88 bits per heavy atom. The van der Waals surface area contributed by atoms with Crippen LogP contribution in [0.3, 0.4) is 0 Å². The lowest BCUT2D eigenvalue weighted by Gasteiger charge is -2.07. The number of nitrogens with zero attached hydrogens (tertiary/aromatic N) is 2. The minimum absolute atomic E-state index is 0.587. The largest absolute Gasteiger partial charge is 0.496 e. The molecule has 17 heavy (non-hydrogen) atoms. The number of benzene rings is 2. The van der Waals surface area contributed by atoms with E-state index in [1.807, 2.05) is 36.4 Å². The summed E-state index contributed by atoms with van der Waals surface area (Å²) in [5.74, 6) is 1.43. The van der Waals surface area contributed by atoms with Gasteiger partial charge in [-0.25, -0.2) is 0 Å². The first kappa shape index (κ1) is 9.84. The molecule has 0 atom stereocenters. The monoisotopic (exact) mass is 226 g/mol. The third-order valence-electron chi connectivity index (χ3n) is 2.71. The van der Waals surface area contributed by atoms with Crippen LogP contribution in [0.4, 0.5) is 0 Å². The van der Waals surface area contributed by atoms with Crippen molar-refractivity contribution in [2.24, 2.45) is 0 Å². The van der Waals surface area contributed by atoms with Gasteiger partial charge in [0.15, 0.2) is 0 Å². The number of hydrogen-bond acceptors (Lipinski definition) is 4. The van der Waals surface area contributed by atoms with Crippen molar-refractivity contribution < 1.29 is 9.26 Å². The van der Waals surface area contributed by atoms with E-state index in [1.165, 1.54) is 6.39 Å². The average Bonchev–Trinajstić information content (AvgIpc) is 2.91. The van der Waals surface area contributed by atoms with Crippen LogP contribution in [-0.4, -0.2) is 17.3 Å². The van der Waals surface area contributed by atoms with Gasteiger partial charge in [0.2, 0.25) is 12.2 Å². The highest BCUT2D eigenvalue weighted by Crippen LogP contribution is 2.32. The Morgan fingerprint density at radius 3 is 2.59 bits per heavy atom. The Morgan fingerprint density at radius 1 is 1.06 bits per heavy atom. The second-order valence-electron chi connectivity index (χ2n) is 3.62. The molecule has 0 radical (unpaired) electrons. The second kappa shape index (κ2) is 3.90. The first-order valence-corrected chi connectivity index (χ1v) is 5.22.